The Labute approximate surface area is 157 Å². The molecule has 26 heavy (non-hydrogen) atoms. The van der Waals surface area contributed by atoms with Gasteiger partial charge in [-0.25, -0.2) is 0 Å². The van der Waals surface area contributed by atoms with E-state index >= 15 is 0 Å². The molecule has 0 fully saturated rings. The van der Waals surface area contributed by atoms with Gasteiger partial charge in [-0.1, -0.05) is 11.6 Å². The van der Waals surface area contributed by atoms with Crippen LogP contribution in [0.2, 0.25) is 5.02 Å². The fraction of sp³-hybridized carbons (Fsp3) is 0.211. The summed E-state index contributed by atoms with van der Waals surface area (Å²) in [6.07, 6.45) is 3.05. The highest BCUT2D eigenvalue weighted by molar-refractivity contribution is 6.32. The average molecular weight is 378 g/mol. The molecule has 0 aliphatic rings. The molecule has 6 nitrogen and oxygen atoms in total. The molecule has 7 heteroatoms. The van der Waals surface area contributed by atoms with E-state index < -0.39 is 0 Å². The van der Waals surface area contributed by atoms with Crippen molar-refractivity contribution in [3.8, 4) is 23.0 Å². The summed E-state index contributed by atoms with van der Waals surface area (Å²) in [7, 11) is 6.12. The quantitative estimate of drug-likeness (QED) is 0.738. The lowest BCUT2D eigenvalue weighted by Gasteiger charge is -2.12. The summed E-state index contributed by atoms with van der Waals surface area (Å²) >= 11 is 6.05. The summed E-state index contributed by atoms with van der Waals surface area (Å²) in [6.45, 7) is 0. The highest BCUT2D eigenvalue weighted by Gasteiger charge is 2.12. The van der Waals surface area contributed by atoms with Gasteiger partial charge in [0.2, 0.25) is 11.7 Å². The third kappa shape index (κ3) is 4.61. The number of amides is 1. The van der Waals surface area contributed by atoms with Crippen LogP contribution < -0.4 is 24.3 Å². The molecule has 138 valence electrons. The minimum atomic E-state index is -0.306. The number of benzene rings is 2. The van der Waals surface area contributed by atoms with Crippen molar-refractivity contribution in [2.75, 3.05) is 33.8 Å². The standard InChI is InChI=1S/C19H20ClNO5/c1-23-15-7-6-13(11-14(15)20)21-18(22)8-5-12-9-16(24-2)19(26-4)17(10-12)25-3/h5-11H,1-4H3,(H,21,22)/b8-5+. The number of halogens is 1. The fourth-order valence-corrected chi connectivity index (χ4v) is 2.56. The third-order valence-corrected chi connectivity index (χ3v) is 3.83. The zero-order valence-electron chi connectivity index (χ0n) is 15.0. The monoisotopic (exact) mass is 377 g/mol. The van der Waals surface area contributed by atoms with Gasteiger partial charge in [-0.15, -0.1) is 0 Å². The van der Waals surface area contributed by atoms with Gasteiger partial charge in [0.1, 0.15) is 5.75 Å². The van der Waals surface area contributed by atoms with Gasteiger partial charge in [0.15, 0.2) is 11.5 Å². The largest absolute Gasteiger partial charge is 0.495 e. The minimum absolute atomic E-state index is 0.306. The number of hydrogen-bond donors (Lipinski definition) is 1. The van der Waals surface area contributed by atoms with Crippen LogP contribution in [0.5, 0.6) is 23.0 Å². The maximum atomic E-state index is 12.1. The first-order valence-corrected chi connectivity index (χ1v) is 8.02. The van der Waals surface area contributed by atoms with Gasteiger partial charge in [0.25, 0.3) is 0 Å². The van der Waals surface area contributed by atoms with Gasteiger partial charge < -0.3 is 24.3 Å². The van der Waals surface area contributed by atoms with E-state index in [-0.39, 0.29) is 5.91 Å². The van der Waals surface area contributed by atoms with Crippen molar-refractivity contribution in [3.05, 3.63) is 47.0 Å². The van der Waals surface area contributed by atoms with Crippen LogP contribution in [-0.2, 0) is 4.79 Å². The SMILES string of the molecule is COc1ccc(NC(=O)/C=C/c2cc(OC)c(OC)c(OC)c2)cc1Cl. The van der Waals surface area contributed by atoms with E-state index in [1.807, 2.05) is 0 Å². The number of ether oxygens (including phenoxy) is 4. The molecular weight excluding hydrogens is 358 g/mol. The summed E-state index contributed by atoms with van der Waals surface area (Å²) in [5, 5.41) is 3.15. The smallest absolute Gasteiger partial charge is 0.248 e. The van der Waals surface area contributed by atoms with Crippen molar-refractivity contribution in [2.45, 2.75) is 0 Å². The zero-order chi connectivity index (χ0) is 19.1. The van der Waals surface area contributed by atoms with Crippen LogP contribution in [0, 0.1) is 0 Å². The van der Waals surface area contributed by atoms with Gasteiger partial charge in [0, 0.05) is 11.8 Å². The van der Waals surface area contributed by atoms with Crippen molar-refractivity contribution < 1.29 is 23.7 Å². The maximum Gasteiger partial charge on any atom is 0.248 e. The number of nitrogens with one attached hydrogen (secondary N) is 1. The molecule has 0 saturated heterocycles. The van der Waals surface area contributed by atoms with Crippen LogP contribution >= 0.6 is 11.6 Å². The van der Waals surface area contributed by atoms with Gasteiger partial charge >= 0.3 is 0 Å². The van der Waals surface area contributed by atoms with Crippen molar-refractivity contribution in [2.24, 2.45) is 0 Å². The third-order valence-electron chi connectivity index (χ3n) is 3.53. The van der Waals surface area contributed by atoms with Gasteiger partial charge in [-0.05, 0) is 42.0 Å². The molecule has 0 aliphatic carbocycles. The van der Waals surface area contributed by atoms with E-state index in [9.17, 15) is 4.79 Å². The number of hydrogen-bond acceptors (Lipinski definition) is 5. The van der Waals surface area contributed by atoms with E-state index in [0.717, 1.165) is 5.56 Å². The molecule has 0 spiro atoms. The summed E-state index contributed by atoms with van der Waals surface area (Å²) < 4.78 is 20.9. The summed E-state index contributed by atoms with van der Waals surface area (Å²) in [4.78, 5) is 12.1. The minimum Gasteiger partial charge on any atom is -0.495 e. The molecule has 0 atom stereocenters. The van der Waals surface area contributed by atoms with E-state index in [4.69, 9.17) is 30.5 Å². The Hall–Kier alpha value is -2.86. The number of carbonyl (C=O) groups excluding carboxylic acids is 1. The summed E-state index contributed by atoms with van der Waals surface area (Å²) in [6, 6.07) is 8.49. The molecule has 0 aromatic heterocycles. The summed E-state index contributed by atoms with van der Waals surface area (Å²) in [5.74, 6) is 1.74. The number of rotatable bonds is 7. The van der Waals surface area contributed by atoms with Gasteiger partial charge in [0.05, 0.1) is 33.5 Å². The normalized spacial score (nSPS) is 10.5. The van der Waals surface area contributed by atoms with Crippen LogP contribution in [0.4, 0.5) is 5.69 Å². The molecule has 0 saturated carbocycles. The molecule has 2 aromatic carbocycles. The number of anilines is 1. The molecule has 0 aliphatic heterocycles. The van der Waals surface area contributed by atoms with E-state index in [1.54, 1.807) is 36.4 Å². The van der Waals surface area contributed by atoms with Crippen LogP contribution in [-0.4, -0.2) is 34.3 Å². The predicted octanol–water partition coefficient (Wildman–Crippen LogP) is 4.03. The topological polar surface area (TPSA) is 66.0 Å². The first-order valence-electron chi connectivity index (χ1n) is 7.65. The van der Waals surface area contributed by atoms with Crippen molar-refractivity contribution >= 4 is 29.3 Å². The van der Waals surface area contributed by atoms with Crippen LogP contribution in [0.25, 0.3) is 6.08 Å². The Morgan fingerprint density at radius 3 is 2.04 bits per heavy atom. The maximum absolute atomic E-state index is 12.1. The number of carbonyl (C=O) groups is 1. The highest BCUT2D eigenvalue weighted by Crippen LogP contribution is 2.38. The molecule has 0 radical (unpaired) electrons. The molecular formula is C19H20ClNO5. The Kier molecular flexibility index (Phi) is 6.74. The fourth-order valence-electron chi connectivity index (χ4n) is 2.30. The lowest BCUT2D eigenvalue weighted by Crippen LogP contribution is -2.07. The molecule has 2 rings (SSSR count). The Morgan fingerprint density at radius 2 is 1.54 bits per heavy atom. The molecule has 2 aromatic rings. The predicted molar refractivity (Wildman–Crippen MR) is 102 cm³/mol. The second-order valence-corrected chi connectivity index (χ2v) is 5.54. The Morgan fingerprint density at radius 1 is 0.923 bits per heavy atom. The average Bonchev–Trinajstić information content (AvgIpc) is 2.65. The molecule has 1 N–H and O–H groups in total. The van der Waals surface area contributed by atoms with E-state index in [2.05, 4.69) is 5.32 Å². The van der Waals surface area contributed by atoms with Crippen LogP contribution in [0.1, 0.15) is 5.56 Å². The van der Waals surface area contributed by atoms with Crippen LogP contribution in [0.15, 0.2) is 36.4 Å². The molecule has 0 bridgehead atoms. The molecule has 1 amide bonds. The van der Waals surface area contributed by atoms with Gasteiger partial charge in [-0.3, -0.25) is 4.79 Å². The number of methoxy groups -OCH3 is 4. The first-order chi connectivity index (χ1) is 12.5. The van der Waals surface area contributed by atoms with Crippen LogP contribution in [0.3, 0.4) is 0 Å². The second-order valence-electron chi connectivity index (χ2n) is 5.13. The highest BCUT2D eigenvalue weighted by atomic mass is 35.5. The second kappa shape index (κ2) is 9.01. The van der Waals surface area contributed by atoms with Crippen molar-refractivity contribution in [1.82, 2.24) is 0 Å². The molecule has 0 unspecified atom stereocenters. The van der Waals surface area contributed by atoms with E-state index in [0.29, 0.717) is 33.7 Å². The lowest BCUT2D eigenvalue weighted by molar-refractivity contribution is -0.111. The zero-order valence-corrected chi connectivity index (χ0v) is 15.7. The molecule has 0 heterocycles. The van der Waals surface area contributed by atoms with Gasteiger partial charge in [-0.2, -0.15) is 0 Å². The summed E-state index contributed by atoms with van der Waals surface area (Å²) in [5.41, 5.74) is 1.29. The first kappa shape index (κ1) is 19.5. The Balaban J connectivity index is 2.16. The van der Waals surface area contributed by atoms with Crippen molar-refractivity contribution in [3.63, 3.8) is 0 Å². The van der Waals surface area contributed by atoms with E-state index in [1.165, 1.54) is 34.5 Å². The van der Waals surface area contributed by atoms with Crippen molar-refractivity contribution in [1.29, 1.82) is 0 Å². The lowest BCUT2D eigenvalue weighted by atomic mass is 10.1. The Bertz CT molecular complexity index is 795.